The molecule has 1 unspecified atom stereocenters. The lowest BCUT2D eigenvalue weighted by Crippen LogP contribution is -2.46. The number of aldehydes is 1. The van der Waals surface area contributed by atoms with E-state index in [0.717, 1.165) is 0 Å². The average molecular weight is 706 g/mol. The first-order chi connectivity index (χ1) is 21.4. The van der Waals surface area contributed by atoms with Crippen molar-refractivity contribution < 1.29 is 42.9 Å². The predicted octanol–water partition coefficient (Wildman–Crippen LogP) is 5.73. The summed E-state index contributed by atoms with van der Waals surface area (Å²) in [7, 11) is 0. The van der Waals surface area contributed by atoms with Crippen LogP contribution in [0.15, 0.2) is 121 Å². The van der Waals surface area contributed by atoms with Gasteiger partial charge in [-0.15, -0.1) is 0 Å². The number of rotatable bonds is 13. The summed E-state index contributed by atoms with van der Waals surface area (Å²) < 4.78 is 21.3. The maximum atomic E-state index is 13.2. The normalized spacial score (nSPS) is 13.3. The predicted molar refractivity (Wildman–Crippen MR) is 167 cm³/mol. The fraction of sp³-hybridized carbons (Fsp3) is 0.147. The molecule has 44 heavy (non-hydrogen) atoms. The molecule has 0 N–H and O–H groups in total. The van der Waals surface area contributed by atoms with E-state index in [9.17, 15) is 24.0 Å². The Hall–Kier alpha value is -4.84. The summed E-state index contributed by atoms with van der Waals surface area (Å²) in [5.74, 6) is -4.50. The molecule has 0 heterocycles. The lowest BCUT2D eigenvalue weighted by molar-refractivity contribution is -0.125. The molecule has 0 radical (unpaired) electrons. The minimum Gasteiger partial charge on any atom is -0.458 e. The van der Waals surface area contributed by atoms with Gasteiger partial charge in [-0.2, -0.15) is 0 Å². The van der Waals surface area contributed by atoms with Gasteiger partial charge in [0.25, 0.3) is 0 Å². The van der Waals surface area contributed by atoms with E-state index < -0.39 is 52.7 Å². The van der Waals surface area contributed by atoms with Crippen LogP contribution in [0.2, 0.25) is 0 Å². The molecule has 9 nitrogen and oxygen atoms in total. The molecular weight excluding hydrogens is 679 g/mol. The molecule has 4 atom stereocenters. The minimum atomic E-state index is -1.46. The van der Waals surface area contributed by atoms with Gasteiger partial charge in [0.05, 0.1) is 28.2 Å². The van der Waals surface area contributed by atoms with E-state index in [1.54, 1.807) is 120 Å². The Morgan fingerprint density at radius 1 is 0.545 bits per heavy atom. The molecule has 0 aliphatic rings. The average Bonchev–Trinajstić information content (AvgIpc) is 3.08. The highest BCUT2D eigenvalue weighted by Crippen LogP contribution is 2.27. The first kappa shape index (κ1) is 32.1. The molecule has 4 aromatic rings. The smallest absolute Gasteiger partial charge is 0.339 e. The summed E-state index contributed by atoms with van der Waals surface area (Å²) in [5.41, 5.74) is 0.817. The highest BCUT2D eigenvalue weighted by Gasteiger charge is 2.42. The van der Waals surface area contributed by atoms with Crippen molar-refractivity contribution in [3.8, 4) is 0 Å². The van der Waals surface area contributed by atoms with Crippen molar-refractivity contribution >= 4 is 52.8 Å². The van der Waals surface area contributed by atoms with Crippen LogP contribution < -0.4 is 0 Å². The molecule has 0 aliphatic heterocycles. The Morgan fingerprint density at radius 3 is 1.32 bits per heavy atom. The lowest BCUT2D eigenvalue weighted by Gasteiger charge is -2.31. The van der Waals surface area contributed by atoms with E-state index in [2.05, 4.69) is 0 Å². The molecule has 4 rings (SSSR count). The number of carbonyl (C=O) groups is 5. The van der Waals surface area contributed by atoms with Crippen LogP contribution in [0.5, 0.6) is 0 Å². The van der Waals surface area contributed by atoms with Gasteiger partial charge in [-0.05, 0) is 71.1 Å². The van der Waals surface area contributed by atoms with Gasteiger partial charge in [0, 0.05) is 0 Å². The highest BCUT2D eigenvalue weighted by molar-refractivity contribution is 14.1. The number of ether oxygens (including phenoxy) is 4. The second kappa shape index (κ2) is 16.1. The third-order valence-electron chi connectivity index (χ3n) is 6.36. The summed E-state index contributed by atoms with van der Waals surface area (Å²) in [6, 6.07) is 32.2. The Morgan fingerprint density at radius 2 is 0.909 bits per heavy atom. The van der Waals surface area contributed by atoms with Crippen LogP contribution in [0.25, 0.3) is 0 Å². The number of alkyl halides is 1. The van der Waals surface area contributed by atoms with Crippen LogP contribution in [0.3, 0.4) is 0 Å². The summed E-state index contributed by atoms with van der Waals surface area (Å²) in [6.45, 7) is -0.564. The Labute approximate surface area is 267 Å². The molecule has 0 bridgehead atoms. The summed E-state index contributed by atoms with van der Waals surface area (Å²) in [6.07, 6.45) is -2.48. The zero-order valence-electron chi connectivity index (χ0n) is 23.2. The topological polar surface area (TPSA) is 122 Å². The van der Waals surface area contributed by atoms with Crippen LogP contribution >= 0.6 is 22.6 Å². The van der Waals surface area contributed by atoms with Crippen LogP contribution in [0, 0.1) is 5.92 Å². The van der Waals surface area contributed by atoms with Crippen molar-refractivity contribution in [3.63, 3.8) is 0 Å². The van der Waals surface area contributed by atoms with Crippen LogP contribution in [0.4, 0.5) is 0 Å². The van der Waals surface area contributed by atoms with E-state index in [1.165, 1.54) is 24.3 Å². The van der Waals surface area contributed by atoms with E-state index in [1.807, 2.05) is 0 Å². The second-order valence-electron chi connectivity index (χ2n) is 9.35. The molecule has 0 amide bonds. The van der Waals surface area contributed by atoms with Crippen LogP contribution in [-0.4, -0.2) is 53.1 Å². The van der Waals surface area contributed by atoms with Gasteiger partial charge < -0.3 is 23.7 Å². The van der Waals surface area contributed by atoms with Gasteiger partial charge >= 0.3 is 23.9 Å². The Balaban J connectivity index is 1.65. The largest absolute Gasteiger partial charge is 0.458 e. The SMILES string of the molecule is O=C[C@H]([C@H](OC(=O)c1ccccc1)C(I)OC(=O)c1ccccc1)[C@@H](COC(=O)c1ccccc1)OC(=O)c1ccccc1. The van der Waals surface area contributed by atoms with Gasteiger partial charge in [-0.25, -0.2) is 19.2 Å². The van der Waals surface area contributed by atoms with Crippen LogP contribution in [0.1, 0.15) is 41.4 Å². The van der Waals surface area contributed by atoms with Gasteiger partial charge in [0.15, 0.2) is 10.2 Å². The Bertz CT molecular complexity index is 1550. The fourth-order valence-corrected chi connectivity index (χ4v) is 4.94. The van der Waals surface area contributed by atoms with Crippen molar-refractivity contribution in [3.05, 3.63) is 144 Å². The van der Waals surface area contributed by atoms with Crippen molar-refractivity contribution in [1.82, 2.24) is 0 Å². The quantitative estimate of drug-likeness (QED) is 0.0565. The standard InChI is InChI=1S/C34H27IO9/c35-30(44-34(40)26-19-11-4-12-20-26)29(43-33(39)25-17-9-3-10-18-25)27(21-36)28(42-32(38)24-15-7-2-8-16-24)22-41-31(37)23-13-5-1-6-14-23/h1-21,27-30H,22H2/t27-,28+,29-,30?/m0/s1. The Kier molecular flexibility index (Phi) is 11.8. The van der Waals surface area contributed by atoms with E-state index in [-0.39, 0.29) is 22.3 Å². The molecule has 0 fully saturated rings. The van der Waals surface area contributed by atoms with Gasteiger partial charge in [-0.1, -0.05) is 72.8 Å². The number of hydrogen-bond donors (Lipinski definition) is 0. The second-order valence-corrected chi connectivity index (χ2v) is 10.6. The van der Waals surface area contributed by atoms with Crippen molar-refractivity contribution in [2.75, 3.05) is 6.61 Å². The third-order valence-corrected chi connectivity index (χ3v) is 7.32. The molecular formula is C34H27IO9. The monoisotopic (exact) mass is 706 g/mol. The van der Waals surface area contributed by atoms with Gasteiger partial charge in [0.1, 0.15) is 19.0 Å². The molecule has 224 valence electrons. The highest BCUT2D eigenvalue weighted by atomic mass is 127. The number of esters is 4. The molecule has 0 saturated carbocycles. The number of carbonyl (C=O) groups excluding carboxylic acids is 5. The van der Waals surface area contributed by atoms with E-state index in [0.29, 0.717) is 6.29 Å². The summed E-state index contributed by atoms with van der Waals surface area (Å²) in [5, 5.41) is 0. The molecule has 0 spiro atoms. The minimum absolute atomic E-state index is 0.175. The third kappa shape index (κ3) is 8.83. The lowest BCUT2D eigenvalue weighted by atomic mass is 9.97. The zero-order chi connectivity index (χ0) is 31.3. The maximum absolute atomic E-state index is 13.2. The first-order valence-electron chi connectivity index (χ1n) is 13.5. The number of benzene rings is 4. The molecule has 0 aliphatic carbocycles. The zero-order valence-corrected chi connectivity index (χ0v) is 25.4. The summed E-state index contributed by atoms with van der Waals surface area (Å²) >= 11 is 1.74. The summed E-state index contributed by atoms with van der Waals surface area (Å²) in [4.78, 5) is 64.7. The van der Waals surface area contributed by atoms with Gasteiger partial charge in [0.2, 0.25) is 0 Å². The number of halogens is 1. The first-order valence-corrected chi connectivity index (χ1v) is 14.7. The van der Waals surface area contributed by atoms with Crippen molar-refractivity contribution in [2.45, 2.75) is 16.3 Å². The molecule has 4 aromatic carbocycles. The van der Waals surface area contributed by atoms with Gasteiger partial charge in [-0.3, -0.25) is 0 Å². The molecule has 0 saturated heterocycles. The number of hydrogen-bond acceptors (Lipinski definition) is 9. The van der Waals surface area contributed by atoms with E-state index >= 15 is 0 Å². The maximum Gasteiger partial charge on any atom is 0.339 e. The van der Waals surface area contributed by atoms with Crippen molar-refractivity contribution in [2.24, 2.45) is 5.92 Å². The van der Waals surface area contributed by atoms with Crippen LogP contribution in [-0.2, 0) is 23.7 Å². The van der Waals surface area contributed by atoms with Crippen molar-refractivity contribution in [1.29, 1.82) is 0 Å². The van der Waals surface area contributed by atoms with E-state index in [4.69, 9.17) is 18.9 Å². The molecule has 10 heteroatoms. The molecule has 0 aromatic heterocycles. The fourth-order valence-electron chi connectivity index (χ4n) is 4.08.